The molecular weight excluding hydrogens is 497 g/mol. The molecule has 0 heterocycles. The summed E-state index contributed by atoms with van der Waals surface area (Å²) in [6.07, 6.45) is 0. The molecule has 5 nitrogen and oxygen atoms in total. The first kappa shape index (κ1) is 20.9. The van der Waals surface area contributed by atoms with Crippen molar-refractivity contribution in [2.75, 3.05) is 10.6 Å². The fourth-order valence-corrected chi connectivity index (χ4v) is 3.49. The van der Waals surface area contributed by atoms with Gasteiger partial charge in [0.15, 0.2) is 5.11 Å². The first-order valence-corrected chi connectivity index (χ1v) is 10.3. The van der Waals surface area contributed by atoms with E-state index in [1.54, 1.807) is 36.4 Å². The van der Waals surface area contributed by atoms with Crippen LogP contribution in [-0.2, 0) is 0 Å². The molecule has 3 rings (SSSR count). The normalized spacial score (nSPS) is 10.1. The Morgan fingerprint density at radius 1 is 0.828 bits per heavy atom. The topological polar surface area (TPSA) is 70.2 Å². The minimum Gasteiger partial charge on any atom is -0.332 e. The summed E-state index contributed by atoms with van der Waals surface area (Å²) in [5, 5.41) is 8.63. The smallest absolute Gasteiger partial charge is 0.258 e. The summed E-state index contributed by atoms with van der Waals surface area (Å²) in [6.45, 7) is 1.96. The van der Waals surface area contributed by atoms with Crippen LogP contribution in [0, 0.1) is 10.5 Å². The van der Waals surface area contributed by atoms with Crippen molar-refractivity contribution in [3.63, 3.8) is 0 Å². The van der Waals surface area contributed by atoms with E-state index in [0.29, 0.717) is 16.8 Å². The lowest BCUT2D eigenvalue weighted by Crippen LogP contribution is -2.34. The molecule has 0 saturated carbocycles. The van der Waals surface area contributed by atoms with Gasteiger partial charge in [0.2, 0.25) is 0 Å². The molecule has 0 bridgehead atoms. The Morgan fingerprint density at radius 2 is 1.52 bits per heavy atom. The summed E-state index contributed by atoms with van der Waals surface area (Å²) in [4.78, 5) is 24.9. The molecule has 146 valence electrons. The molecule has 3 N–H and O–H groups in total. The number of rotatable bonds is 4. The lowest BCUT2D eigenvalue weighted by atomic mass is 10.1. The zero-order valence-corrected chi connectivity index (χ0v) is 18.5. The van der Waals surface area contributed by atoms with Gasteiger partial charge in [-0.3, -0.25) is 14.9 Å². The average molecular weight is 515 g/mol. The molecule has 3 aromatic carbocycles. The van der Waals surface area contributed by atoms with Crippen LogP contribution in [0.1, 0.15) is 26.3 Å². The lowest BCUT2D eigenvalue weighted by Gasteiger charge is -2.12. The van der Waals surface area contributed by atoms with Crippen molar-refractivity contribution in [3.8, 4) is 0 Å². The number of halogens is 1. The Bertz CT molecular complexity index is 1080. The largest absolute Gasteiger partial charge is 0.332 e. The van der Waals surface area contributed by atoms with Gasteiger partial charge < -0.3 is 10.6 Å². The summed E-state index contributed by atoms with van der Waals surface area (Å²) in [6, 6.07) is 21.7. The van der Waals surface area contributed by atoms with Crippen molar-refractivity contribution in [1.29, 1.82) is 0 Å². The van der Waals surface area contributed by atoms with Gasteiger partial charge in [0.05, 0.1) is 5.56 Å². The molecule has 3 aromatic rings. The van der Waals surface area contributed by atoms with Crippen molar-refractivity contribution in [1.82, 2.24) is 5.32 Å². The van der Waals surface area contributed by atoms with Crippen molar-refractivity contribution in [3.05, 3.63) is 93.1 Å². The summed E-state index contributed by atoms with van der Waals surface area (Å²) < 4.78 is 0.834. The zero-order chi connectivity index (χ0) is 20.8. The fourth-order valence-electron chi connectivity index (χ4n) is 2.64. The Labute approximate surface area is 188 Å². The molecule has 0 aliphatic rings. The quantitative estimate of drug-likeness (QED) is 0.339. The van der Waals surface area contributed by atoms with Crippen LogP contribution in [0.15, 0.2) is 72.8 Å². The molecule has 0 radical (unpaired) electrons. The van der Waals surface area contributed by atoms with E-state index in [1.807, 2.05) is 43.3 Å². The van der Waals surface area contributed by atoms with Crippen molar-refractivity contribution >= 4 is 63.1 Å². The van der Waals surface area contributed by atoms with Gasteiger partial charge in [0, 0.05) is 20.5 Å². The van der Waals surface area contributed by atoms with Crippen LogP contribution in [-0.4, -0.2) is 16.9 Å². The van der Waals surface area contributed by atoms with E-state index >= 15 is 0 Å². The Balaban J connectivity index is 1.64. The molecule has 0 spiro atoms. The lowest BCUT2D eigenvalue weighted by molar-refractivity contribution is 0.0975. The number of carbonyl (C=O) groups is 2. The number of benzene rings is 3. The standard InChI is InChI=1S/C22H18IN3O2S/c1-14-6-4-8-16(12-14)24-20(27)15-7-5-9-17(13-15)25-22(29)26-21(28)18-10-2-3-11-19(18)23/h2-13H,1H3,(H,24,27)(H2,25,26,28,29). The summed E-state index contributed by atoms with van der Waals surface area (Å²) in [5.74, 6) is -0.520. The van der Waals surface area contributed by atoms with Crippen molar-refractivity contribution in [2.45, 2.75) is 6.92 Å². The van der Waals surface area contributed by atoms with E-state index < -0.39 is 0 Å². The first-order chi connectivity index (χ1) is 13.9. The molecule has 0 aromatic heterocycles. The van der Waals surface area contributed by atoms with E-state index in [2.05, 4.69) is 38.5 Å². The maximum Gasteiger partial charge on any atom is 0.258 e. The molecule has 2 amide bonds. The molecule has 0 fully saturated rings. The van der Waals surface area contributed by atoms with Gasteiger partial charge in [-0.25, -0.2) is 0 Å². The number of thiocarbonyl (C=S) groups is 1. The van der Waals surface area contributed by atoms with Crippen molar-refractivity contribution < 1.29 is 9.59 Å². The van der Waals surface area contributed by atoms with Gasteiger partial charge in [-0.05, 0) is 89.8 Å². The van der Waals surface area contributed by atoms with Crippen LogP contribution < -0.4 is 16.0 Å². The molecule has 7 heteroatoms. The van der Waals surface area contributed by atoms with E-state index in [0.717, 1.165) is 14.8 Å². The molecule has 29 heavy (non-hydrogen) atoms. The van der Waals surface area contributed by atoms with Crippen LogP contribution >= 0.6 is 34.8 Å². The predicted molar refractivity (Wildman–Crippen MR) is 128 cm³/mol. The second-order valence-electron chi connectivity index (χ2n) is 6.29. The third-order valence-electron chi connectivity index (χ3n) is 4.00. The van der Waals surface area contributed by atoms with E-state index in [4.69, 9.17) is 12.2 Å². The minimum atomic E-state index is -0.291. The Hall–Kier alpha value is -2.78. The van der Waals surface area contributed by atoms with Gasteiger partial charge in [-0.15, -0.1) is 0 Å². The molecule has 0 saturated heterocycles. The number of nitrogens with one attached hydrogen (secondary N) is 3. The third kappa shape index (κ3) is 5.85. The van der Waals surface area contributed by atoms with Gasteiger partial charge >= 0.3 is 0 Å². The van der Waals surface area contributed by atoms with Crippen LogP contribution in [0.5, 0.6) is 0 Å². The Kier molecular flexibility index (Phi) is 6.95. The van der Waals surface area contributed by atoms with Crippen LogP contribution in [0.3, 0.4) is 0 Å². The number of aryl methyl sites for hydroxylation is 1. The second kappa shape index (κ2) is 9.62. The van der Waals surface area contributed by atoms with Gasteiger partial charge in [0.25, 0.3) is 11.8 Å². The van der Waals surface area contributed by atoms with Crippen molar-refractivity contribution in [2.24, 2.45) is 0 Å². The third-order valence-corrected chi connectivity index (χ3v) is 5.15. The van der Waals surface area contributed by atoms with Gasteiger partial charge in [0.1, 0.15) is 0 Å². The predicted octanol–water partition coefficient (Wildman–Crippen LogP) is 4.98. The number of hydrogen-bond acceptors (Lipinski definition) is 3. The molecule has 0 aliphatic heterocycles. The zero-order valence-electron chi connectivity index (χ0n) is 15.5. The molecule has 0 aliphatic carbocycles. The number of hydrogen-bond donors (Lipinski definition) is 3. The molecule has 0 unspecified atom stereocenters. The summed E-state index contributed by atoms with van der Waals surface area (Å²) in [7, 11) is 0. The van der Waals surface area contributed by atoms with E-state index in [1.165, 1.54) is 0 Å². The maximum absolute atomic E-state index is 12.5. The highest BCUT2D eigenvalue weighted by Crippen LogP contribution is 2.15. The minimum absolute atomic E-state index is 0.158. The number of amides is 2. The number of carbonyl (C=O) groups excluding carboxylic acids is 2. The van der Waals surface area contributed by atoms with Crippen LogP contribution in [0.4, 0.5) is 11.4 Å². The van der Waals surface area contributed by atoms with Crippen LogP contribution in [0.25, 0.3) is 0 Å². The summed E-state index contributed by atoms with van der Waals surface area (Å²) in [5.41, 5.74) is 3.42. The fraction of sp³-hybridized carbons (Fsp3) is 0.0455. The van der Waals surface area contributed by atoms with Gasteiger partial charge in [-0.1, -0.05) is 30.3 Å². The highest BCUT2D eigenvalue weighted by atomic mass is 127. The van der Waals surface area contributed by atoms with E-state index in [-0.39, 0.29) is 16.9 Å². The van der Waals surface area contributed by atoms with E-state index in [9.17, 15) is 9.59 Å². The average Bonchev–Trinajstić information content (AvgIpc) is 2.68. The SMILES string of the molecule is Cc1cccc(NC(=O)c2cccc(NC(=S)NC(=O)c3ccccc3I)c2)c1. The van der Waals surface area contributed by atoms with Crippen LogP contribution in [0.2, 0.25) is 0 Å². The molecule has 0 atom stereocenters. The highest BCUT2D eigenvalue weighted by Gasteiger charge is 2.12. The van der Waals surface area contributed by atoms with Gasteiger partial charge in [-0.2, -0.15) is 0 Å². The Morgan fingerprint density at radius 3 is 2.24 bits per heavy atom. The summed E-state index contributed by atoms with van der Waals surface area (Å²) >= 11 is 7.34. The number of anilines is 2. The molecular formula is C22H18IN3O2S. The monoisotopic (exact) mass is 515 g/mol. The highest BCUT2D eigenvalue weighted by molar-refractivity contribution is 14.1. The maximum atomic E-state index is 12.5. The second-order valence-corrected chi connectivity index (χ2v) is 7.86. The first-order valence-electron chi connectivity index (χ1n) is 8.77.